The van der Waals surface area contributed by atoms with Crippen molar-refractivity contribution in [3.8, 4) is 28.7 Å². The first-order chi connectivity index (χ1) is 13.1. The van der Waals surface area contributed by atoms with Crippen molar-refractivity contribution >= 4 is 11.9 Å². The molecule has 4 rings (SSSR count). The molecule has 0 amide bonds. The summed E-state index contributed by atoms with van der Waals surface area (Å²) >= 11 is 0. The van der Waals surface area contributed by atoms with E-state index in [1.54, 1.807) is 49.6 Å². The predicted octanol–water partition coefficient (Wildman–Crippen LogP) is 3.45. The van der Waals surface area contributed by atoms with Crippen LogP contribution in [0.4, 0.5) is 5.69 Å². The van der Waals surface area contributed by atoms with Crippen LogP contribution in [0.5, 0.6) is 5.75 Å². The number of rotatable bonds is 4. The molecule has 0 atom stereocenters. The summed E-state index contributed by atoms with van der Waals surface area (Å²) in [6.45, 7) is 1.58. The molecule has 0 aliphatic rings. The Morgan fingerprint density at radius 3 is 2.74 bits per heavy atom. The molecular weight excluding hydrogens is 348 g/mol. The Labute approximate surface area is 152 Å². The number of aryl methyl sites for hydroxylation is 1. The highest BCUT2D eigenvalue weighted by Crippen LogP contribution is 2.23. The lowest BCUT2D eigenvalue weighted by molar-refractivity contribution is 0.433. The molecule has 2 N–H and O–H groups in total. The minimum absolute atomic E-state index is 0.00161. The smallest absolute Gasteiger partial charge is 0.348 e. The van der Waals surface area contributed by atoms with Crippen LogP contribution in [-0.2, 0) is 0 Å². The molecule has 0 aliphatic carbocycles. The maximum atomic E-state index is 11.8. The summed E-state index contributed by atoms with van der Waals surface area (Å²) in [6.07, 6.45) is 2.84. The molecule has 0 spiro atoms. The summed E-state index contributed by atoms with van der Waals surface area (Å²) in [7, 11) is 0. The number of aliphatic imine (C=N–C) groups is 1. The molecule has 3 aromatic heterocycles. The van der Waals surface area contributed by atoms with E-state index in [-0.39, 0.29) is 11.3 Å². The molecule has 8 nitrogen and oxygen atoms in total. The van der Waals surface area contributed by atoms with Crippen LogP contribution < -0.4 is 5.63 Å². The summed E-state index contributed by atoms with van der Waals surface area (Å²) in [6, 6.07) is 12.0. The number of H-pyrrole nitrogens is 1. The van der Waals surface area contributed by atoms with Crippen molar-refractivity contribution in [3.63, 3.8) is 0 Å². The zero-order valence-electron chi connectivity index (χ0n) is 14.2. The van der Waals surface area contributed by atoms with Gasteiger partial charge in [0.25, 0.3) is 0 Å². The lowest BCUT2D eigenvalue weighted by Crippen LogP contribution is -2.07. The first kappa shape index (κ1) is 16.5. The molecule has 1 aromatic carbocycles. The van der Waals surface area contributed by atoms with Gasteiger partial charge in [0, 0.05) is 17.8 Å². The van der Waals surface area contributed by atoms with Gasteiger partial charge >= 0.3 is 5.63 Å². The molecule has 27 heavy (non-hydrogen) atoms. The number of hydrogen-bond donors (Lipinski definition) is 2. The van der Waals surface area contributed by atoms with Gasteiger partial charge in [-0.2, -0.15) is 5.10 Å². The Morgan fingerprint density at radius 1 is 1.22 bits per heavy atom. The molecule has 3 heterocycles. The van der Waals surface area contributed by atoms with Crippen molar-refractivity contribution in [1.82, 2.24) is 15.2 Å². The van der Waals surface area contributed by atoms with Gasteiger partial charge < -0.3 is 13.9 Å². The number of aromatic hydroxyl groups is 1. The zero-order valence-corrected chi connectivity index (χ0v) is 14.2. The molecule has 8 heteroatoms. The molecule has 0 fully saturated rings. The average molecular weight is 362 g/mol. The van der Waals surface area contributed by atoms with E-state index in [9.17, 15) is 9.90 Å². The van der Waals surface area contributed by atoms with Gasteiger partial charge in [-0.3, -0.25) is 10.1 Å². The van der Waals surface area contributed by atoms with Gasteiger partial charge in [-0.05, 0) is 43.3 Å². The highest BCUT2D eigenvalue weighted by Gasteiger charge is 2.10. The Hall–Kier alpha value is -3.94. The van der Waals surface area contributed by atoms with Crippen molar-refractivity contribution < 1.29 is 13.9 Å². The molecule has 0 aliphatic heterocycles. The van der Waals surface area contributed by atoms with Crippen molar-refractivity contribution in [3.05, 3.63) is 70.5 Å². The average Bonchev–Trinajstić information content (AvgIpc) is 3.33. The van der Waals surface area contributed by atoms with Crippen molar-refractivity contribution in [2.45, 2.75) is 6.92 Å². The number of nitrogens with one attached hydrogen (secondary N) is 1. The quantitative estimate of drug-likeness (QED) is 0.537. The molecule has 0 saturated carbocycles. The van der Waals surface area contributed by atoms with E-state index in [4.69, 9.17) is 8.83 Å². The van der Waals surface area contributed by atoms with E-state index in [0.717, 1.165) is 5.56 Å². The van der Waals surface area contributed by atoms with E-state index in [2.05, 4.69) is 20.2 Å². The van der Waals surface area contributed by atoms with E-state index in [1.165, 1.54) is 12.3 Å². The van der Waals surface area contributed by atoms with Crippen molar-refractivity contribution in [2.75, 3.05) is 0 Å². The van der Waals surface area contributed by atoms with Gasteiger partial charge in [-0.15, -0.1) is 0 Å². The minimum Gasteiger partial charge on any atom is -0.507 e. The Balaban J connectivity index is 1.55. The maximum absolute atomic E-state index is 11.8. The maximum Gasteiger partial charge on any atom is 0.348 e. The van der Waals surface area contributed by atoms with E-state index in [0.29, 0.717) is 28.9 Å². The number of hydrogen-bond acceptors (Lipinski definition) is 7. The van der Waals surface area contributed by atoms with Gasteiger partial charge in [0.1, 0.15) is 17.1 Å². The number of aromatic amines is 1. The van der Waals surface area contributed by atoms with Gasteiger partial charge in [0.15, 0.2) is 17.4 Å². The van der Waals surface area contributed by atoms with E-state index >= 15 is 0 Å². The van der Waals surface area contributed by atoms with Crippen LogP contribution in [0.25, 0.3) is 23.0 Å². The number of nitrogens with zero attached hydrogens (tertiary/aromatic N) is 3. The van der Waals surface area contributed by atoms with Crippen LogP contribution in [0.15, 0.2) is 67.3 Å². The third-order valence-electron chi connectivity index (χ3n) is 3.80. The lowest BCUT2D eigenvalue weighted by atomic mass is 10.2. The van der Waals surface area contributed by atoms with Crippen molar-refractivity contribution in [1.29, 1.82) is 0 Å². The Morgan fingerprint density at radius 2 is 2.04 bits per heavy atom. The fourth-order valence-electron chi connectivity index (χ4n) is 2.47. The van der Waals surface area contributed by atoms with Crippen molar-refractivity contribution in [2.24, 2.45) is 4.99 Å². The Bertz CT molecular complexity index is 1160. The summed E-state index contributed by atoms with van der Waals surface area (Å²) in [5, 5.41) is 16.8. The monoisotopic (exact) mass is 362 g/mol. The summed E-state index contributed by atoms with van der Waals surface area (Å²) in [5.74, 6) is 1.83. The molecule has 0 radical (unpaired) electrons. The standard InChI is InChI=1S/C19H14N4O4/c1-11-9-15(24)14(19(25)27-11)10-20-13-6-4-12(5-7-13)17-21-18(23-22-17)16-3-2-8-26-16/h2-10,24H,1H3,(H,21,22,23). The third-order valence-corrected chi connectivity index (χ3v) is 3.80. The zero-order chi connectivity index (χ0) is 18.8. The van der Waals surface area contributed by atoms with Crippen LogP contribution >= 0.6 is 0 Å². The van der Waals surface area contributed by atoms with Crippen LogP contribution in [0, 0.1) is 6.92 Å². The van der Waals surface area contributed by atoms with Gasteiger partial charge in [0.2, 0.25) is 0 Å². The highest BCUT2D eigenvalue weighted by molar-refractivity contribution is 5.84. The minimum atomic E-state index is -0.640. The fraction of sp³-hybridized carbons (Fsp3) is 0.0526. The molecule has 0 unspecified atom stereocenters. The molecule has 4 aromatic rings. The van der Waals surface area contributed by atoms with Crippen LogP contribution in [0.2, 0.25) is 0 Å². The largest absolute Gasteiger partial charge is 0.507 e. The summed E-state index contributed by atoms with van der Waals surface area (Å²) in [4.78, 5) is 20.4. The van der Waals surface area contributed by atoms with Gasteiger partial charge in [0.05, 0.1) is 12.0 Å². The van der Waals surface area contributed by atoms with E-state index in [1.807, 2.05) is 0 Å². The Kier molecular flexibility index (Phi) is 4.13. The van der Waals surface area contributed by atoms with Crippen LogP contribution in [-0.4, -0.2) is 26.5 Å². The van der Waals surface area contributed by atoms with Gasteiger partial charge in [-0.25, -0.2) is 9.78 Å². The fourth-order valence-corrected chi connectivity index (χ4v) is 2.47. The van der Waals surface area contributed by atoms with E-state index < -0.39 is 5.63 Å². The second-order valence-electron chi connectivity index (χ2n) is 5.73. The number of benzene rings is 1. The third kappa shape index (κ3) is 3.40. The molecule has 134 valence electrons. The number of aromatic nitrogens is 3. The molecule has 0 saturated heterocycles. The topological polar surface area (TPSA) is 118 Å². The van der Waals surface area contributed by atoms with Crippen LogP contribution in [0.1, 0.15) is 11.3 Å². The summed E-state index contributed by atoms with van der Waals surface area (Å²) < 4.78 is 10.2. The SMILES string of the molecule is Cc1cc(O)c(C=Nc2ccc(-c3n[nH]c(-c4ccco4)n3)cc2)c(=O)o1. The lowest BCUT2D eigenvalue weighted by Gasteiger charge is -1.99. The first-order valence-electron chi connectivity index (χ1n) is 8.04. The highest BCUT2D eigenvalue weighted by atomic mass is 16.4. The normalized spacial score (nSPS) is 11.3. The second-order valence-corrected chi connectivity index (χ2v) is 5.73. The van der Waals surface area contributed by atoms with Crippen LogP contribution in [0.3, 0.4) is 0 Å². The number of furan rings is 1. The summed E-state index contributed by atoms with van der Waals surface area (Å²) in [5.41, 5.74) is 0.751. The predicted molar refractivity (Wildman–Crippen MR) is 98.2 cm³/mol. The first-order valence-corrected chi connectivity index (χ1v) is 8.04. The molecule has 0 bridgehead atoms. The molecular formula is C19H14N4O4. The second kappa shape index (κ2) is 6.75. The van der Waals surface area contributed by atoms with Gasteiger partial charge in [-0.1, -0.05) is 0 Å².